The number of benzene rings is 1. The van der Waals surface area contributed by atoms with Crippen LogP contribution in [0.5, 0.6) is 0 Å². The number of halogens is 5. The van der Waals surface area contributed by atoms with E-state index in [1.54, 1.807) is 0 Å². The van der Waals surface area contributed by atoms with E-state index < -0.39 is 23.2 Å². The molecule has 2 N–H and O–H groups in total. The second kappa shape index (κ2) is 4.69. The zero-order valence-electron chi connectivity index (χ0n) is 7.85. The largest absolute Gasteiger partial charge is 0.416 e. The summed E-state index contributed by atoms with van der Waals surface area (Å²) in [7, 11) is 0. The maximum absolute atomic E-state index is 13.1. The second-order valence-corrected chi connectivity index (χ2v) is 3.17. The van der Waals surface area contributed by atoms with Crippen molar-refractivity contribution in [3.8, 4) is 0 Å². The van der Waals surface area contributed by atoms with Crippen molar-refractivity contribution in [2.24, 2.45) is 10.7 Å². The van der Waals surface area contributed by atoms with Gasteiger partial charge in [-0.2, -0.15) is 13.2 Å². The molecule has 1 aromatic carbocycles. The average molecular weight is 255 g/mol. The molecule has 0 heterocycles. The van der Waals surface area contributed by atoms with Crippen molar-refractivity contribution in [3.63, 3.8) is 0 Å². The van der Waals surface area contributed by atoms with E-state index in [2.05, 4.69) is 4.99 Å². The maximum atomic E-state index is 13.1. The first-order chi connectivity index (χ1) is 7.34. The standard InChI is InChI=1S/C9H7ClF4N2/c10-4-8(15)16-7-3-5(9(12,13)14)1-2-6(7)11/h1-3H,4H2,(H2,15,16). The molecule has 16 heavy (non-hydrogen) atoms. The minimum absolute atomic E-state index is 0.153. The molecular weight excluding hydrogens is 248 g/mol. The molecule has 7 heteroatoms. The van der Waals surface area contributed by atoms with Crippen LogP contribution >= 0.6 is 11.6 Å². The van der Waals surface area contributed by atoms with Gasteiger partial charge in [-0.1, -0.05) is 0 Å². The molecule has 0 fully saturated rings. The van der Waals surface area contributed by atoms with E-state index in [-0.39, 0.29) is 11.7 Å². The predicted molar refractivity (Wildman–Crippen MR) is 53.4 cm³/mol. The van der Waals surface area contributed by atoms with Gasteiger partial charge in [-0.15, -0.1) is 11.6 Å². The summed E-state index contributed by atoms with van der Waals surface area (Å²) in [4.78, 5) is 3.44. The third kappa shape index (κ3) is 3.10. The molecule has 0 aliphatic carbocycles. The minimum Gasteiger partial charge on any atom is -0.386 e. The number of nitrogens with zero attached hydrogens (tertiary/aromatic N) is 1. The lowest BCUT2D eigenvalue weighted by Gasteiger charge is -2.07. The van der Waals surface area contributed by atoms with Gasteiger partial charge >= 0.3 is 6.18 Å². The van der Waals surface area contributed by atoms with Gasteiger partial charge < -0.3 is 5.73 Å². The lowest BCUT2D eigenvalue weighted by atomic mass is 10.2. The van der Waals surface area contributed by atoms with E-state index in [1.165, 1.54) is 0 Å². The van der Waals surface area contributed by atoms with Crippen molar-refractivity contribution in [2.45, 2.75) is 6.18 Å². The summed E-state index contributed by atoms with van der Waals surface area (Å²) in [6.07, 6.45) is -4.55. The average Bonchev–Trinajstić information content (AvgIpc) is 2.19. The van der Waals surface area contributed by atoms with Gasteiger partial charge in [-0.25, -0.2) is 9.38 Å². The van der Waals surface area contributed by atoms with Crippen LogP contribution in [-0.2, 0) is 6.18 Å². The summed E-state index contributed by atoms with van der Waals surface area (Å²) in [6, 6.07) is 1.89. The van der Waals surface area contributed by atoms with Crippen LogP contribution in [0.2, 0.25) is 0 Å². The van der Waals surface area contributed by atoms with E-state index in [1.807, 2.05) is 0 Å². The summed E-state index contributed by atoms with van der Waals surface area (Å²) in [5, 5.41) is 0. The quantitative estimate of drug-likeness (QED) is 0.375. The topological polar surface area (TPSA) is 38.4 Å². The molecule has 0 bridgehead atoms. The Bertz CT molecular complexity index is 414. The van der Waals surface area contributed by atoms with Crippen molar-refractivity contribution in [1.29, 1.82) is 0 Å². The number of hydrogen-bond donors (Lipinski definition) is 1. The normalized spacial score (nSPS) is 12.9. The number of alkyl halides is 4. The van der Waals surface area contributed by atoms with Gasteiger partial charge in [0.15, 0.2) is 0 Å². The van der Waals surface area contributed by atoms with Crippen molar-refractivity contribution in [2.75, 3.05) is 5.88 Å². The van der Waals surface area contributed by atoms with Crippen LogP contribution in [0.4, 0.5) is 23.2 Å². The Hall–Kier alpha value is -1.30. The van der Waals surface area contributed by atoms with Crippen LogP contribution in [-0.4, -0.2) is 11.7 Å². The Morgan fingerprint density at radius 1 is 1.38 bits per heavy atom. The molecule has 0 saturated carbocycles. The van der Waals surface area contributed by atoms with Crippen LogP contribution in [0.1, 0.15) is 5.56 Å². The van der Waals surface area contributed by atoms with E-state index >= 15 is 0 Å². The van der Waals surface area contributed by atoms with E-state index in [9.17, 15) is 17.6 Å². The molecule has 2 nitrogen and oxygen atoms in total. The zero-order valence-corrected chi connectivity index (χ0v) is 8.61. The zero-order chi connectivity index (χ0) is 12.3. The molecule has 0 amide bonds. The van der Waals surface area contributed by atoms with Gasteiger partial charge in [-0.3, -0.25) is 0 Å². The fraction of sp³-hybridized carbons (Fsp3) is 0.222. The SMILES string of the molecule is NC(CCl)=Nc1cc(C(F)(F)F)ccc1F. The lowest BCUT2D eigenvalue weighted by molar-refractivity contribution is -0.137. The molecule has 0 unspecified atom stereocenters. The summed E-state index contributed by atoms with van der Waals surface area (Å²) in [6.45, 7) is 0. The highest BCUT2D eigenvalue weighted by atomic mass is 35.5. The number of amidine groups is 1. The third-order valence-corrected chi connectivity index (χ3v) is 1.95. The van der Waals surface area contributed by atoms with Crippen LogP contribution in [0.15, 0.2) is 23.2 Å². The van der Waals surface area contributed by atoms with Crippen molar-refractivity contribution in [1.82, 2.24) is 0 Å². The summed E-state index contributed by atoms with van der Waals surface area (Å²) < 4.78 is 50.0. The van der Waals surface area contributed by atoms with Crippen LogP contribution < -0.4 is 5.73 Å². The van der Waals surface area contributed by atoms with Crippen LogP contribution in [0.25, 0.3) is 0 Å². The van der Waals surface area contributed by atoms with Gasteiger partial charge in [-0.05, 0) is 18.2 Å². The van der Waals surface area contributed by atoms with Gasteiger partial charge in [0.05, 0.1) is 11.4 Å². The van der Waals surface area contributed by atoms with Gasteiger partial charge in [0.2, 0.25) is 0 Å². The van der Waals surface area contributed by atoms with Gasteiger partial charge in [0.1, 0.15) is 17.3 Å². The van der Waals surface area contributed by atoms with E-state index in [0.29, 0.717) is 18.2 Å². The van der Waals surface area contributed by atoms with E-state index in [4.69, 9.17) is 17.3 Å². The number of hydrogen-bond acceptors (Lipinski definition) is 1. The maximum Gasteiger partial charge on any atom is 0.416 e. The molecule has 88 valence electrons. The van der Waals surface area contributed by atoms with Crippen LogP contribution in [0.3, 0.4) is 0 Å². The van der Waals surface area contributed by atoms with Crippen molar-refractivity contribution >= 4 is 23.1 Å². The van der Waals surface area contributed by atoms with Gasteiger partial charge in [0, 0.05) is 0 Å². The Balaban J connectivity index is 3.19. The monoisotopic (exact) mass is 254 g/mol. The predicted octanol–water partition coefficient (Wildman–Crippen LogP) is 3.07. The molecular formula is C9H7ClF4N2. The molecule has 0 aromatic heterocycles. The lowest BCUT2D eigenvalue weighted by Crippen LogP contribution is -2.12. The Morgan fingerprint density at radius 3 is 2.50 bits per heavy atom. The highest BCUT2D eigenvalue weighted by Crippen LogP contribution is 2.32. The Labute approximate surface area is 93.7 Å². The summed E-state index contributed by atoms with van der Waals surface area (Å²) >= 11 is 5.28. The Kier molecular flexibility index (Phi) is 3.74. The third-order valence-electron chi connectivity index (χ3n) is 1.67. The highest BCUT2D eigenvalue weighted by Gasteiger charge is 2.31. The first kappa shape index (κ1) is 12.8. The molecule has 0 spiro atoms. The van der Waals surface area contributed by atoms with Crippen molar-refractivity contribution in [3.05, 3.63) is 29.6 Å². The number of aliphatic imine (C=N–C) groups is 1. The van der Waals surface area contributed by atoms with Crippen LogP contribution in [0, 0.1) is 5.82 Å². The first-order valence-corrected chi connectivity index (χ1v) is 4.64. The second-order valence-electron chi connectivity index (χ2n) is 2.90. The number of nitrogens with two attached hydrogens (primary N) is 1. The van der Waals surface area contributed by atoms with E-state index in [0.717, 1.165) is 0 Å². The molecule has 0 saturated heterocycles. The molecule has 0 aliphatic rings. The first-order valence-electron chi connectivity index (χ1n) is 4.10. The van der Waals surface area contributed by atoms with Gasteiger partial charge in [0.25, 0.3) is 0 Å². The highest BCUT2D eigenvalue weighted by molar-refractivity contribution is 6.28. The fourth-order valence-electron chi connectivity index (χ4n) is 0.959. The summed E-state index contributed by atoms with van der Waals surface area (Å²) in [5.41, 5.74) is 3.73. The summed E-state index contributed by atoms with van der Waals surface area (Å²) in [5.74, 6) is -1.23. The molecule has 1 aromatic rings. The van der Waals surface area contributed by atoms with Crippen molar-refractivity contribution < 1.29 is 17.6 Å². The smallest absolute Gasteiger partial charge is 0.386 e. The molecule has 1 rings (SSSR count). The number of rotatable bonds is 2. The molecule has 0 aliphatic heterocycles. The Morgan fingerprint density at radius 2 is 2.00 bits per heavy atom. The fourth-order valence-corrected chi connectivity index (χ4v) is 1.02. The minimum atomic E-state index is -4.55. The molecule has 0 atom stereocenters. The molecule has 0 radical (unpaired) electrons.